The van der Waals surface area contributed by atoms with Crippen molar-refractivity contribution < 1.29 is 18.0 Å². The third kappa shape index (κ3) is 4.85. The second kappa shape index (κ2) is 6.52. The van der Waals surface area contributed by atoms with Crippen LogP contribution in [-0.4, -0.2) is 55.2 Å². The molecule has 4 nitrogen and oxygen atoms in total. The number of rotatable bonds is 4. The smallest absolute Gasteiger partial charge is 0.354 e. The van der Waals surface area contributed by atoms with E-state index < -0.39 is 18.3 Å². The predicted octanol–water partition coefficient (Wildman–Crippen LogP) is 1.52. The van der Waals surface area contributed by atoms with E-state index in [-0.39, 0.29) is 11.8 Å². The van der Waals surface area contributed by atoms with Crippen molar-refractivity contribution >= 4 is 5.91 Å². The largest absolute Gasteiger partial charge is 0.401 e. The van der Waals surface area contributed by atoms with Crippen molar-refractivity contribution in [2.75, 3.05) is 32.7 Å². The van der Waals surface area contributed by atoms with Gasteiger partial charge in [-0.05, 0) is 51.6 Å². The third-order valence-electron chi connectivity index (χ3n) is 4.44. The van der Waals surface area contributed by atoms with E-state index in [2.05, 4.69) is 10.6 Å². The number of alkyl halides is 3. The van der Waals surface area contributed by atoms with Crippen LogP contribution in [0, 0.1) is 5.92 Å². The molecule has 0 aliphatic carbocycles. The number of nitrogens with one attached hydrogen (secondary N) is 2. The molecule has 0 aromatic heterocycles. The zero-order valence-corrected chi connectivity index (χ0v) is 12.4. The molecule has 0 aromatic carbocycles. The van der Waals surface area contributed by atoms with Gasteiger partial charge in [0.2, 0.25) is 5.91 Å². The first-order valence-corrected chi connectivity index (χ1v) is 7.61. The summed E-state index contributed by atoms with van der Waals surface area (Å²) in [4.78, 5) is 13.6. The van der Waals surface area contributed by atoms with E-state index in [1.807, 2.05) is 6.92 Å². The van der Waals surface area contributed by atoms with Crippen LogP contribution in [0.2, 0.25) is 0 Å². The number of carbonyl (C=O) groups is 1. The minimum atomic E-state index is -4.14. The van der Waals surface area contributed by atoms with Crippen LogP contribution in [0.15, 0.2) is 0 Å². The Kier molecular flexibility index (Phi) is 5.14. The van der Waals surface area contributed by atoms with Gasteiger partial charge in [-0.2, -0.15) is 13.2 Å². The molecule has 21 heavy (non-hydrogen) atoms. The second-order valence-corrected chi connectivity index (χ2v) is 6.43. The number of hydrogen-bond acceptors (Lipinski definition) is 3. The van der Waals surface area contributed by atoms with Gasteiger partial charge in [-0.1, -0.05) is 0 Å². The topological polar surface area (TPSA) is 44.4 Å². The summed E-state index contributed by atoms with van der Waals surface area (Å²) in [5.41, 5.74) is -0.525. The van der Waals surface area contributed by atoms with Gasteiger partial charge >= 0.3 is 6.18 Å². The standard InChI is InChI=1S/C14H24F3N3O/c1-13(5-2-3-6-19-13)12(21)18-8-11-4-7-20(9-11)10-14(15,16)17/h11,19H,2-10H2,1H3,(H,18,21). The van der Waals surface area contributed by atoms with Crippen LogP contribution in [0.3, 0.4) is 0 Å². The molecular formula is C14H24F3N3O. The molecule has 122 valence electrons. The Labute approximate surface area is 123 Å². The number of likely N-dealkylation sites (tertiary alicyclic amines) is 1. The molecule has 0 radical (unpaired) electrons. The molecule has 0 bridgehead atoms. The Morgan fingerprint density at radius 3 is 2.81 bits per heavy atom. The number of amides is 1. The summed E-state index contributed by atoms with van der Waals surface area (Å²) >= 11 is 0. The molecule has 2 aliphatic rings. The maximum atomic E-state index is 12.3. The Hall–Kier alpha value is -0.820. The molecule has 7 heteroatoms. The summed E-state index contributed by atoms with van der Waals surface area (Å²) < 4.78 is 37.0. The van der Waals surface area contributed by atoms with E-state index in [1.165, 1.54) is 4.90 Å². The van der Waals surface area contributed by atoms with Crippen LogP contribution in [0.25, 0.3) is 0 Å². The predicted molar refractivity (Wildman–Crippen MR) is 73.9 cm³/mol. The number of halogens is 3. The first kappa shape index (κ1) is 16.5. The van der Waals surface area contributed by atoms with E-state index in [4.69, 9.17) is 0 Å². The minimum absolute atomic E-state index is 0.0310. The van der Waals surface area contributed by atoms with Crippen LogP contribution < -0.4 is 10.6 Å². The fourth-order valence-electron chi connectivity index (χ4n) is 3.16. The van der Waals surface area contributed by atoms with Crippen molar-refractivity contribution in [3.8, 4) is 0 Å². The Balaban J connectivity index is 1.73. The molecule has 0 aromatic rings. The number of carbonyl (C=O) groups excluding carboxylic acids is 1. The van der Waals surface area contributed by atoms with E-state index in [9.17, 15) is 18.0 Å². The Morgan fingerprint density at radius 2 is 2.19 bits per heavy atom. The normalized spacial score (nSPS) is 31.3. The maximum absolute atomic E-state index is 12.3. The van der Waals surface area contributed by atoms with Gasteiger partial charge in [0.05, 0.1) is 12.1 Å². The summed E-state index contributed by atoms with van der Waals surface area (Å²) in [7, 11) is 0. The number of nitrogens with zero attached hydrogens (tertiary/aromatic N) is 1. The lowest BCUT2D eigenvalue weighted by Gasteiger charge is -2.33. The molecule has 2 saturated heterocycles. The van der Waals surface area contributed by atoms with Crippen LogP contribution in [-0.2, 0) is 4.79 Å². The van der Waals surface area contributed by atoms with Gasteiger partial charge in [-0.15, -0.1) is 0 Å². The second-order valence-electron chi connectivity index (χ2n) is 6.43. The molecule has 2 rings (SSSR count). The molecule has 1 amide bonds. The number of hydrogen-bond donors (Lipinski definition) is 2. The van der Waals surface area contributed by atoms with Gasteiger partial charge in [-0.3, -0.25) is 9.69 Å². The Bertz CT molecular complexity index is 367. The fraction of sp³-hybridized carbons (Fsp3) is 0.929. The molecule has 2 heterocycles. The monoisotopic (exact) mass is 307 g/mol. The van der Waals surface area contributed by atoms with Crippen molar-refractivity contribution in [2.24, 2.45) is 5.92 Å². The highest BCUT2D eigenvalue weighted by molar-refractivity contribution is 5.85. The lowest BCUT2D eigenvalue weighted by Crippen LogP contribution is -2.57. The van der Waals surface area contributed by atoms with E-state index in [0.717, 1.165) is 25.8 Å². The van der Waals surface area contributed by atoms with Crippen molar-refractivity contribution in [3.05, 3.63) is 0 Å². The molecule has 0 saturated carbocycles. The van der Waals surface area contributed by atoms with Gasteiger partial charge in [-0.25, -0.2) is 0 Å². The molecule has 2 aliphatic heterocycles. The SMILES string of the molecule is CC1(C(=O)NCC2CCN(CC(F)(F)F)C2)CCCCN1. The van der Waals surface area contributed by atoms with E-state index in [0.29, 0.717) is 26.1 Å². The Morgan fingerprint density at radius 1 is 1.43 bits per heavy atom. The molecule has 0 spiro atoms. The highest BCUT2D eigenvalue weighted by Gasteiger charge is 2.36. The lowest BCUT2D eigenvalue weighted by molar-refractivity contribution is -0.143. The maximum Gasteiger partial charge on any atom is 0.401 e. The quantitative estimate of drug-likeness (QED) is 0.828. The van der Waals surface area contributed by atoms with Crippen LogP contribution >= 0.6 is 0 Å². The lowest BCUT2D eigenvalue weighted by atomic mass is 9.90. The van der Waals surface area contributed by atoms with Gasteiger partial charge in [0, 0.05) is 13.1 Å². The number of piperidine rings is 1. The average molecular weight is 307 g/mol. The van der Waals surface area contributed by atoms with Crippen molar-refractivity contribution in [1.29, 1.82) is 0 Å². The summed E-state index contributed by atoms with van der Waals surface area (Å²) in [6, 6.07) is 0. The summed E-state index contributed by atoms with van der Waals surface area (Å²) in [6.07, 6.45) is -0.514. The molecule has 2 N–H and O–H groups in total. The highest BCUT2D eigenvalue weighted by atomic mass is 19.4. The van der Waals surface area contributed by atoms with E-state index >= 15 is 0 Å². The van der Waals surface area contributed by atoms with Crippen molar-refractivity contribution in [2.45, 2.75) is 44.3 Å². The summed E-state index contributed by atoms with van der Waals surface area (Å²) in [6.45, 7) is 3.21. The van der Waals surface area contributed by atoms with Crippen molar-refractivity contribution in [3.63, 3.8) is 0 Å². The minimum Gasteiger partial charge on any atom is -0.354 e. The molecule has 2 unspecified atom stereocenters. The van der Waals surface area contributed by atoms with Crippen LogP contribution in [0.4, 0.5) is 13.2 Å². The van der Waals surface area contributed by atoms with Gasteiger partial charge in [0.25, 0.3) is 0 Å². The highest BCUT2D eigenvalue weighted by Crippen LogP contribution is 2.23. The van der Waals surface area contributed by atoms with Crippen LogP contribution in [0.5, 0.6) is 0 Å². The molecule has 2 atom stereocenters. The fourth-order valence-corrected chi connectivity index (χ4v) is 3.16. The van der Waals surface area contributed by atoms with Crippen molar-refractivity contribution in [1.82, 2.24) is 15.5 Å². The third-order valence-corrected chi connectivity index (χ3v) is 4.44. The average Bonchev–Trinajstić information content (AvgIpc) is 2.82. The first-order valence-electron chi connectivity index (χ1n) is 7.61. The zero-order valence-electron chi connectivity index (χ0n) is 12.4. The zero-order chi connectivity index (χ0) is 15.5. The van der Waals surface area contributed by atoms with Crippen LogP contribution in [0.1, 0.15) is 32.6 Å². The van der Waals surface area contributed by atoms with Gasteiger partial charge in [0.15, 0.2) is 0 Å². The summed E-state index contributed by atoms with van der Waals surface area (Å²) in [5.74, 6) is 0.0833. The summed E-state index contributed by atoms with van der Waals surface area (Å²) in [5, 5.41) is 6.15. The van der Waals surface area contributed by atoms with Gasteiger partial charge in [0.1, 0.15) is 0 Å². The van der Waals surface area contributed by atoms with Gasteiger partial charge < -0.3 is 10.6 Å². The molecule has 2 fully saturated rings. The molecular weight excluding hydrogens is 283 g/mol. The van der Waals surface area contributed by atoms with E-state index in [1.54, 1.807) is 0 Å². The first-order chi connectivity index (χ1) is 9.78.